The van der Waals surface area contributed by atoms with Crippen LogP contribution in [0.15, 0.2) is 16.1 Å². The van der Waals surface area contributed by atoms with Gasteiger partial charge in [0.05, 0.1) is 6.54 Å². The van der Waals surface area contributed by atoms with Crippen LogP contribution in [-0.2, 0) is 4.79 Å². The summed E-state index contributed by atoms with van der Waals surface area (Å²) in [6.45, 7) is 3.54. The van der Waals surface area contributed by atoms with Gasteiger partial charge in [0.2, 0.25) is 11.0 Å². The summed E-state index contributed by atoms with van der Waals surface area (Å²) < 4.78 is 4.91. The summed E-state index contributed by atoms with van der Waals surface area (Å²) in [5.74, 6) is 0.281. The molecule has 0 aliphatic carbocycles. The summed E-state index contributed by atoms with van der Waals surface area (Å²) in [6, 6.07) is 1.69. The Bertz CT molecular complexity index is 693. The number of carbonyl (C=O) groups excluding carboxylic acids is 2. The van der Waals surface area contributed by atoms with Crippen LogP contribution in [0.3, 0.4) is 0 Å². The number of rotatable bonds is 5. The molecule has 9 nitrogen and oxygen atoms in total. The van der Waals surface area contributed by atoms with Crippen molar-refractivity contribution in [1.82, 2.24) is 25.6 Å². The van der Waals surface area contributed by atoms with Crippen molar-refractivity contribution in [3.05, 3.63) is 23.0 Å². The quantitative estimate of drug-likeness (QED) is 0.814. The second-order valence-corrected chi connectivity index (χ2v) is 6.47. The average molecular weight is 350 g/mol. The zero-order valence-corrected chi connectivity index (χ0v) is 14.0. The van der Waals surface area contributed by atoms with E-state index in [1.165, 1.54) is 11.3 Å². The molecule has 2 N–H and O–H groups in total. The van der Waals surface area contributed by atoms with Crippen molar-refractivity contribution in [2.24, 2.45) is 0 Å². The van der Waals surface area contributed by atoms with Gasteiger partial charge in [-0.1, -0.05) is 16.5 Å². The van der Waals surface area contributed by atoms with Crippen LogP contribution in [0.25, 0.3) is 0 Å². The highest BCUT2D eigenvalue weighted by atomic mass is 32.1. The van der Waals surface area contributed by atoms with E-state index in [-0.39, 0.29) is 17.9 Å². The number of nitrogens with one attached hydrogen (secondary N) is 2. The first kappa shape index (κ1) is 16.5. The summed E-state index contributed by atoms with van der Waals surface area (Å²) in [6.07, 6.45) is 1.57. The largest absolute Gasteiger partial charge is 0.361 e. The van der Waals surface area contributed by atoms with E-state index in [1.54, 1.807) is 18.5 Å². The summed E-state index contributed by atoms with van der Waals surface area (Å²) >= 11 is 1.29. The molecule has 1 aliphatic heterocycles. The zero-order valence-electron chi connectivity index (χ0n) is 13.2. The predicted molar refractivity (Wildman–Crippen MR) is 86.7 cm³/mol. The second-order valence-electron chi connectivity index (χ2n) is 5.64. The number of anilines is 1. The first-order chi connectivity index (χ1) is 11.6. The van der Waals surface area contributed by atoms with E-state index in [2.05, 4.69) is 30.9 Å². The first-order valence-electron chi connectivity index (χ1n) is 7.62. The molecular weight excluding hydrogens is 332 g/mol. The van der Waals surface area contributed by atoms with Crippen molar-refractivity contribution < 1.29 is 14.1 Å². The van der Waals surface area contributed by atoms with Gasteiger partial charge in [0.15, 0.2) is 5.69 Å². The molecule has 24 heavy (non-hydrogen) atoms. The normalized spacial score (nSPS) is 16.0. The molecule has 0 atom stereocenters. The average Bonchev–Trinajstić information content (AvgIpc) is 3.21. The molecule has 0 saturated carbocycles. The summed E-state index contributed by atoms with van der Waals surface area (Å²) in [5, 5.41) is 17.3. The first-order valence-corrected chi connectivity index (χ1v) is 8.50. The molecule has 1 saturated heterocycles. The van der Waals surface area contributed by atoms with Crippen molar-refractivity contribution in [1.29, 1.82) is 0 Å². The molecule has 0 spiro atoms. The number of amides is 2. The molecule has 2 aromatic heterocycles. The minimum atomic E-state index is -0.223. The predicted octanol–water partition coefficient (Wildman–Crippen LogP) is 0.667. The number of nitrogens with zero attached hydrogens (tertiary/aromatic N) is 4. The summed E-state index contributed by atoms with van der Waals surface area (Å²) in [7, 11) is 0. The van der Waals surface area contributed by atoms with Gasteiger partial charge in [0.25, 0.3) is 5.91 Å². The fraction of sp³-hybridized carbons (Fsp3) is 0.500. The highest BCUT2D eigenvalue weighted by molar-refractivity contribution is 7.13. The number of carbonyl (C=O) groups is 2. The Morgan fingerprint density at radius 2 is 2.21 bits per heavy atom. The van der Waals surface area contributed by atoms with Gasteiger partial charge >= 0.3 is 0 Å². The molecule has 2 aromatic rings. The Labute approximate surface area is 142 Å². The number of piperidine rings is 1. The molecule has 1 aliphatic rings. The lowest BCUT2D eigenvalue weighted by molar-refractivity contribution is -0.117. The van der Waals surface area contributed by atoms with Crippen LogP contribution in [0, 0.1) is 6.92 Å². The van der Waals surface area contributed by atoms with Gasteiger partial charge in [0, 0.05) is 25.2 Å². The maximum absolute atomic E-state index is 12.0. The van der Waals surface area contributed by atoms with Gasteiger partial charge < -0.3 is 9.84 Å². The van der Waals surface area contributed by atoms with E-state index in [9.17, 15) is 9.59 Å². The summed E-state index contributed by atoms with van der Waals surface area (Å²) in [4.78, 5) is 26.0. The standard InChI is InChI=1S/C14H18N6O3S/c1-9-6-11(19-23-9)13(22)16-10-2-4-20(5-3-10)7-12(21)17-14-18-15-8-24-14/h6,8,10H,2-5,7H2,1H3,(H,16,22)(H,17,18,21). The number of hydrogen-bond acceptors (Lipinski definition) is 8. The fourth-order valence-corrected chi connectivity index (χ4v) is 3.02. The van der Waals surface area contributed by atoms with Crippen LogP contribution >= 0.6 is 11.3 Å². The number of aryl methyl sites for hydroxylation is 1. The van der Waals surface area contributed by atoms with E-state index in [4.69, 9.17) is 4.52 Å². The lowest BCUT2D eigenvalue weighted by Gasteiger charge is -2.31. The van der Waals surface area contributed by atoms with Crippen LogP contribution in [0.5, 0.6) is 0 Å². The third-order valence-corrected chi connectivity index (χ3v) is 4.36. The number of hydrogen-bond donors (Lipinski definition) is 2. The molecule has 128 valence electrons. The zero-order chi connectivity index (χ0) is 16.9. The molecule has 10 heteroatoms. The SMILES string of the molecule is Cc1cc(C(=O)NC2CCN(CC(=O)Nc3nncs3)CC2)no1. The van der Waals surface area contributed by atoms with Crippen LogP contribution in [0.4, 0.5) is 5.13 Å². The van der Waals surface area contributed by atoms with Crippen LogP contribution in [-0.4, -0.2) is 57.7 Å². The highest BCUT2D eigenvalue weighted by Gasteiger charge is 2.23. The topological polar surface area (TPSA) is 113 Å². The molecule has 0 radical (unpaired) electrons. The third-order valence-electron chi connectivity index (χ3n) is 3.76. The van der Waals surface area contributed by atoms with Crippen molar-refractivity contribution >= 4 is 28.3 Å². The minimum absolute atomic E-state index is 0.0805. The minimum Gasteiger partial charge on any atom is -0.361 e. The lowest BCUT2D eigenvalue weighted by atomic mass is 10.0. The van der Waals surface area contributed by atoms with E-state index in [0.29, 0.717) is 23.1 Å². The fourth-order valence-electron chi connectivity index (χ4n) is 2.56. The van der Waals surface area contributed by atoms with E-state index < -0.39 is 0 Å². The Kier molecular flexibility index (Phi) is 5.16. The molecule has 0 bridgehead atoms. The highest BCUT2D eigenvalue weighted by Crippen LogP contribution is 2.12. The van der Waals surface area contributed by atoms with Crippen LogP contribution < -0.4 is 10.6 Å². The monoisotopic (exact) mass is 350 g/mol. The number of likely N-dealkylation sites (tertiary alicyclic amines) is 1. The van der Waals surface area contributed by atoms with Gasteiger partial charge in [-0.2, -0.15) is 0 Å². The Hall–Kier alpha value is -2.33. The number of aromatic nitrogens is 3. The van der Waals surface area contributed by atoms with Gasteiger partial charge in [0.1, 0.15) is 11.3 Å². The van der Waals surface area contributed by atoms with Crippen LogP contribution in [0.2, 0.25) is 0 Å². The van der Waals surface area contributed by atoms with Crippen molar-refractivity contribution in [3.63, 3.8) is 0 Å². The Morgan fingerprint density at radius 3 is 2.83 bits per heavy atom. The third kappa shape index (κ3) is 4.36. The van der Waals surface area contributed by atoms with Gasteiger partial charge in [-0.3, -0.25) is 19.8 Å². The summed E-state index contributed by atoms with van der Waals surface area (Å²) in [5.41, 5.74) is 1.87. The maximum atomic E-state index is 12.0. The smallest absolute Gasteiger partial charge is 0.273 e. The Balaban J connectivity index is 1.40. The van der Waals surface area contributed by atoms with E-state index >= 15 is 0 Å². The van der Waals surface area contributed by atoms with Gasteiger partial charge in [-0.15, -0.1) is 10.2 Å². The lowest BCUT2D eigenvalue weighted by Crippen LogP contribution is -2.46. The molecule has 0 unspecified atom stereocenters. The van der Waals surface area contributed by atoms with E-state index in [1.807, 2.05) is 0 Å². The maximum Gasteiger partial charge on any atom is 0.273 e. The van der Waals surface area contributed by atoms with Gasteiger partial charge in [-0.05, 0) is 19.8 Å². The van der Waals surface area contributed by atoms with Gasteiger partial charge in [-0.25, -0.2) is 0 Å². The van der Waals surface area contributed by atoms with Crippen molar-refractivity contribution in [2.45, 2.75) is 25.8 Å². The molecule has 1 fully saturated rings. The Morgan fingerprint density at radius 1 is 1.42 bits per heavy atom. The molecule has 3 rings (SSSR count). The second kappa shape index (κ2) is 7.49. The molecule has 2 amide bonds. The molecule has 0 aromatic carbocycles. The van der Waals surface area contributed by atoms with Crippen molar-refractivity contribution in [2.75, 3.05) is 25.0 Å². The molecular formula is C14H18N6O3S. The van der Waals surface area contributed by atoms with E-state index in [0.717, 1.165) is 25.9 Å². The van der Waals surface area contributed by atoms with Crippen LogP contribution in [0.1, 0.15) is 29.1 Å². The molecule has 3 heterocycles. The van der Waals surface area contributed by atoms with Crippen molar-refractivity contribution in [3.8, 4) is 0 Å².